The number of carbonyl (C=O) groups excluding carboxylic acids is 1. The summed E-state index contributed by atoms with van der Waals surface area (Å²) in [5.74, 6) is -0.594. The number of allylic oxidation sites excluding steroid dienone is 6. The summed E-state index contributed by atoms with van der Waals surface area (Å²) in [6.45, 7) is 4.07. The molecule has 0 spiro atoms. The molecular formula is C61H117NO5. The Bertz CT molecular complexity index is 1060. The molecule has 4 atom stereocenters. The topological polar surface area (TPSA) is 110 Å². The van der Waals surface area contributed by atoms with Crippen LogP contribution in [0.25, 0.3) is 0 Å². The lowest BCUT2D eigenvalue weighted by molar-refractivity contribution is -0.132. The normalized spacial score (nSPS) is 13.9. The van der Waals surface area contributed by atoms with Crippen LogP contribution in [-0.4, -0.2) is 57.3 Å². The molecule has 4 unspecified atom stereocenters. The second-order valence-electron chi connectivity index (χ2n) is 20.7. The molecule has 0 saturated heterocycles. The third kappa shape index (κ3) is 49.3. The minimum atomic E-state index is -1.29. The summed E-state index contributed by atoms with van der Waals surface area (Å²) in [7, 11) is 0. The molecular weight excluding hydrogens is 827 g/mol. The maximum Gasteiger partial charge on any atom is 0.249 e. The van der Waals surface area contributed by atoms with Gasteiger partial charge in [-0.05, 0) is 64.2 Å². The van der Waals surface area contributed by atoms with Gasteiger partial charge in [-0.15, -0.1) is 0 Å². The fourth-order valence-corrected chi connectivity index (χ4v) is 9.38. The molecule has 6 nitrogen and oxygen atoms in total. The zero-order valence-electron chi connectivity index (χ0n) is 44.9. The van der Waals surface area contributed by atoms with Gasteiger partial charge in [-0.25, -0.2) is 0 Å². The number of nitrogens with one attached hydrogen (secondary N) is 1. The second kappa shape index (κ2) is 55.5. The van der Waals surface area contributed by atoms with Crippen LogP contribution in [0.3, 0.4) is 0 Å². The monoisotopic (exact) mass is 944 g/mol. The van der Waals surface area contributed by atoms with Gasteiger partial charge < -0.3 is 25.7 Å². The fourth-order valence-electron chi connectivity index (χ4n) is 9.38. The number of unbranched alkanes of at least 4 members (excludes halogenated alkanes) is 40. The molecule has 0 aromatic rings. The van der Waals surface area contributed by atoms with Crippen molar-refractivity contribution in [1.29, 1.82) is 0 Å². The molecule has 5 N–H and O–H groups in total. The first kappa shape index (κ1) is 65.5. The first-order chi connectivity index (χ1) is 33.0. The second-order valence-corrected chi connectivity index (χ2v) is 20.7. The zero-order valence-corrected chi connectivity index (χ0v) is 44.9. The van der Waals surface area contributed by atoms with Crippen molar-refractivity contribution in [3.05, 3.63) is 36.5 Å². The van der Waals surface area contributed by atoms with Crippen LogP contribution in [0, 0.1) is 0 Å². The van der Waals surface area contributed by atoms with E-state index >= 15 is 0 Å². The smallest absolute Gasteiger partial charge is 0.249 e. The summed E-state index contributed by atoms with van der Waals surface area (Å²) in [6.07, 6.45) is 69.4. The average Bonchev–Trinajstić information content (AvgIpc) is 3.33. The number of hydrogen-bond acceptors (Lipinski definition) is 5. The number of aliphatic hydroxyl groups is 4. The maximum absolute atomic E-state index is 12.6. The van der Waals surface area contributed by atoms with Gasteiger partial charge in [0.15, 0.2) is 0 Å². The van der Waals surface area contributed by atoms with Crippen LogP contribution in [0.15, 0.2) is 36.5 Å². The number of aliphatic hydroxyl groups excluding tert-OH is 4. The molecule has 0 aliphatic carbocycles. The summed E-state index contributed by atoms with van der Waals surface area (Å²) in [4.78, 5) is 12.6. The number of carbonyl (C=O) groups is 1. The predicted octanol–water partition coefficient (Wildman–Crippen LogP) is 17.6. The minimum absolute atomic E-state index is 0.362. The van der Waals surface area contributed by atoms with Gasteiger partial charge in [0.2, 0.25) is 5.91 Å². The Labute approximate surface area is 417 Å². The van der Waals surface area contributed by atoms with E-state index in [1.54, 1.807) is 0 Å². The van der Waals surface area contributed by atoms with E-state index in [1.165, 1.54) is 231 Å². The quantitative estimate of drug-likeness (QED) is 0.0308. The Hall–Kier alpha value is -1.47. The Balaban J connectivity index is 3.64. The number of amides is 1. The first-order valence-corrected chi connectivity index (χ1v) is 29.9. The van der Waals surface area contributed by atoms with E-state index in [4.69, 9.17) is 0 Å². The van der Waals surface area contributed by atoms with Crippen LogP contribution in [0.5, 0.6) is 0 Å². The van der Waals surface area contributed by atoms with Crippen molar-refractivity contribution in [2.45, 2.75) is 340 Å². The molecule has 396 valence electrons. The van der Waals surface area contributed by atoms with Crippen molar-refractivity contribution in [2.75, 3.05) is 6.61 Å². The minimum Gasteiger partial charge on any atom is -0.394 e. The number of rotatable bonds is 55. The lowest BCUT2D eigenvalue weighted by Crippen LogP contribution is -2.53. The molecule has 0 aliphatic heterocycles. The Morgan fingerprint density at radius 3 is 0.940 bits per heavy atom. The van der Waals surface area contributed by atoms with Crippen LogP contribution in [0.4, 0.5) is 0 Å². The fraction of sp³-hybridized carbons (Fsp3) is 0.885. The average molecular weight is 945 g/mol. The van der Waals surface area contributed by atoms with E-state index in [-0.39, 0.29) is 0 Å². The molecule has 0 radical (unpaired) electrons. The first-order valence-electron chi connectivity index (χ1n) is 29.9. The highest BCUT2D eigenvalue weighted by molar-refractivity contribution is 5.80. The van der Waals surface area contributed by atoms with Gasteiger partial charge in [0.1, 0.15) is 12.2 Å². The van der Waals surface area contributed by atoms with Crippen molar-refractivity contribution in [2.24, 2.45) is 0 Å². The molecule has 0 saturated carbocycles. The van der Waals surface area contributed by atoms with Crippen molar-refractivity contribution in [3.8, 4) is 0 Å². The molecule has 67 heavy (non-hydrogen) atoms. The standard InChI is InChI=1S/C61H117NO5/c1-3-5-7-9-11-13-15-17-19-21-23-25-27-28-29-30-31-32-33-35-37-39-41-43-45-47-49-51-53-55-59(65)61(67)62-57(56-63)60(66)58(64)54-52-50-48-46-44-42-40-38-36-34-26-24-22-20-18-16-14-12-10-8-6-4-2/h24,26,38,40,46,48,57-60,63-66H,3-23,25,27-37,39,41-45,47,49-56H2,1-2H3,(H,62,67)/b26-24+,40-38+,48-46+. The molecule has 0 aromatic heterocycles. The van der Waals surface area contributed by atoms with Gasteiger partial charge in [-0.2, -0.15) is 0 Å². The van der Waals surface area contributed by atoms with E-state index in [9.17, 15) is 25.2 Å². The zero-order chi connectivity index (χ0) is 48.8. The van der Waals surface area contributed by atoms with Gasteiger partial charge in [-0.1, -0.05) is 288 Å². The Kier molecular flexibility index (Phi) is 54.2. The molecule has 6 heteroatoms. The highest BCUT2D eigenvalue weighted by Gasteiger charge is 2.28. The SMILES string of the molecule is CCCCCCCCCCC/C=C/CC/C=C/CC/C=C/CCCC(O)C(O)C(CO)NC(=O)C(O)CCCCCCCCCCCCCCCCCCCCCCCCCCCCCCC. The molecule has 0 aromatic carbocycles. The molecule has 0 rings (SSSR count). The van der Waals surface area contributed by atoms with Crippen LogP contribution in [0.1, 0.15) is 316 Å². The maximum atomic E-state index is 12.6. The highest BCUT2D eigenvalue weighted by atomic mass is 16.3. The van der Waals surface area contributed by atoms with Gasteiger partial charge >= 0.3 is 0 Å². The van der Waals surface area contributed by atoms with Gasteiger partial charge in [0.25, 0.3) is 0 Å². The van der Waals surface area contributed by atoms with E-state index in [0.717, 1.165) is 51.4 Å². The van der Waals surface area contributed by atoms with Gasteiger partial charge in [0.05, 0.1) is 18.8 Å². The highest BCUT2D eigenvalue weighted by Crippen LogP contribution is 2.18. The molecule has 0 aliphatic rings. The number of hydrogen-bond donors (Lipinski definition) is 5. The van der Waals surface area contributed by atoms with E-state index in [0.29, 0.717) is 19.3 Å². The van der Waals surface area contributed by atoms with Crippen LogP contribution in [0.2, 0.25) is 0 Å². The summed E-state index contributed by atoms with van der Waals surface area (Å²) >= 11 is 0. The van der Waals surface area contributed by atoms with Crippen molar-refractivity contribution >= 4 is 5.91 Å². The summed E-state index contributed by atoms with van der Waals surface area (Å²) in [5.41, 5.74) is 0. The lowest BCUT2D eigenvalue weighted by atomic mass is 10.00. The van der Waals surface area contributed by atoms with Crippen LogP contribution in [-0.2, 0) is 4.79 Å². The van der Waals surface area contributed by atoms with Crippen molar-refractivity contribution < 1.29 is 25.2 Å². The Morgan fingerprint density at radius 2 is 0.627 bits per heavy atom. The molecule has 1 amide bonds. The third-order valence-corrected chi connectivity index (χ3v) is 14.1. The van der Waals surface area contributed by atoms with Gasteiger partial charge in [0, 0.05) is 0 Å². The van der Waals surface area contributed by atoms with Crippen molar-refractivity contribution in [3.63, 3.8) is 0 Å². The van der Waals surface area contributed by atoms with E-state index in [2.05, 4.69) is 55.6 Å². The summed E-state index contributed by atoms with van der Waals surface area (Å²) in [6, 6.07) is -1.01. The predicted molar refractivity (Wildman–Crippen MR) is 293 cm³/mol. The van der Waals surface area contributed by atoms with Crippen molar-refractivity contribution in [1.82, 2.24) is 5.32 Å². The van der Waals surface area contributed by atoms with E-state index in [1.807, 2.05) is 0 Å². The largest absolute Gasteiger partial charge is 0.394 e. The lowest BCUT2D eigenvalue weighted by Gasteiger charge is -2.27. The van der Waals surface area contributed by atoms with Gasteiger partial charge in [-0.3, -0.25) is 4.79 Å². The molecule has 0 heterocycles. The van der Waals surface area contributed by atoms with E-state index < -0.39 is 36.9 Å². The molecule has 0 bridgehead atoms. The third-order valence-electron chi connectivity index (χ3n) is 14.1. The molecule has 0 fully saturated rings. The van der Waals surface area contributed by atoms with Crippen LogP contribution < -0.4 is 5.32 Å². The summed E-state index contributed by atoms with van der Waals surface area (Å²) in [5, 5.41) is 44.0. The van der Waals surface area contributed by atoms with Crippen LogP contribution >= 0.6 is 0 Å². The Morgan fingerprint density at radius 1 is 0.358 bits per heavy atom. The summed E-state index contributed by atoms with van der Waals surface area (Å²) < 4.78 is 0.